The van der Waals surface area contributed by atoms with E-state index in [1.165, 1.54) is 6.20 Å². The number of nitriles is 1. The SMILES string of the molecule is Cc1c(-c2ncc(F)c3sc(N)c(C#N)c23)c2c(c3ccc(N4CC[C@H](N(C)C)C4)nc13)COC2. The standard InChI is InChI=1S/C26H25FN6OS/c1-13-21(24-22-16(8-28)26(29)35-25(22)19(27)9-30-24)18-12-34-11-17(18)15-4-5-20(31-23(13)15)33-7-6-14(10-33)32(2)3/h4-5,9,14H,6-7,10-12,29H2,1-3H3/t14-/m0/s1. The molecule has 0 radical (unpaired) electrons. The summed E-state index contributed by atoms with van der Waals surface area (Å²) in [6.07, 6.45) is 2.32. The molecule has 1 fully saturated rings. The van der Waals surface area contributed by atoms with Crippen LogP contribution in [-0.4, -0.2) is 48.1 Å². The Balaban J connectivity index is 1.60. The number of benzene rings is 1. The molecular formula is C26H25FN6OS. The average Bonchev–Trinajstić information content (AvgIpc) is 3.59. The van der Waals surface area contributed by atoms with Crippen molar-refractivity contribution < 1.29 is 9.13 Å². The normalized spacial score (nSPS) is 17.6. The van der Waals surface area contributed by atoms with Crippen LogP contribution in [0.1, 0.15) is 28.7 Å². The van der Waals surface area contributed by atoms with Crippen molar-refractivity contribution in [3.8, 4) is 17.3 Å². The smallest absolute Gasteiger partial charge is 0.159 e. The van der Waals surface area contributed by atoms with Crippen LogP contribution in [0.5, 0.6) is 0 Å². The van der Waals surface area contributed by atoms with E-state index in [0.29, 0.717) is 40.0 Å². The summed E-state index contributed by atoms with van der Waals surface area (Å²) in [6, 6.07) is 6.90. The Morgan fingerprint density at radius 2 is 2.09 bits per heavy atom. The Labute approximate surface area is 206 Å². The lowest BCUT2D eigenvalue weighted by molar-refractivity contribution is 0.135. The lowest BCUT2D eigenvalue weighted by Crippen LogP contribution is -2.31. The van der Waals surface area contributed by atoms with Crippen LogP contribution in [0, 0.1) is 24.1 Å². The first-order chi connectivity index (χ1) is 16.9. The number of anilines is 2. The number of aromatic nitrogens is 2. The van der Waals surface area contributed by atoms with Crippen LogP contribution >= 0.6 is 11.3 Å². The van der Waals surface area contributed by atoms with Crippen molar-refractivity contribution in [2.75, 3.05) is 37.8 Å². The van der Waals surface area contributed by atoms with E-state index in [9.17, 15) is 9.65 Å². The zero-order valence-electron chi connectivity index (χ0n) is 19.9. The molecule has 2 aliphatic heterocycles. The van der Waals surface area contributed by atoms with E-state index in [2.05, 4.69) is 47.1 Å². The van der Waals surface area contributed by atoms with E-state index in [1.54, 1.807) is 0 Å². The third-order valence-corrected chi connectivity index (χ3v) is 8.38. The molecule has 3 aromatic heterocycles. The highest BCUT2D eigenvalue weighted by atomic mass is 32.1. The third-order valence-electron chi connectivity index (χ3n) is 7.36. The number of fused-ring (bicyclic) bond motifs is 4. The van der Waals surface area contributed by atoms with Gasteiger partial charge in [-0.1, -0.05) is 0 Å². The summed E-state index contributed by atoms with van der Waals surface area (Å²) in [5, 5.41) is 11.6. The van der Waals surface area contributed by atoms with Gasteiger partial charge >= 0.3 is 0 Å². The molecule has 1 atom stereocenters. The van der Waals surface area contributed by atoms with Gasteiger partial charge in [0.05, 0.1) is 40.9 Å². The van der Waals surface area contributed by atoms with Crippen LogP contribution in [0.25, 0.3) is 32.2 Å². The lowest BCUT2D eigenvalue weighted by atomic mass is 9.90. The molecule has 1 saturated heterocycles. The number of aryl methyl sites for hydroxylation is 1. The van der Waals surface area contributed by atoms with Gasteiger partial charge in [-0.15, -0.1) is 11.3 Å². The maximum absolute atomic E-state index is 14.7. The zero-order valence-corrected chi connectivity index (χ0v) is 20.7. The fraction of sp³-hybridized carbons (Fsp3) is 0.346. The number of thiophene rings is 1. The van der Waals surface area contributed by atoms with Crippen LogP contribution in [0.4, 0.5) is 15.2 Å². The Bertz CT molecular complexity index is 1560. The first kappa shape index (κ1) is 22.2. The van der Waals surface area contributed by atoms with Gasteiger partial charge in [-0.25, -0.2) is 9.37 Å². The zero-order chi connectivity index (χ0) is 24.4. The summed E-state index contributed by atoms with van der Waals surface area (Å²) in [5.74, 6) is 0.475. The van der Waals surface area contributed by atoms with Crippen LogP contribution in [0.3, 0.4) is 0 Å². The molecule has 0 aliphatic carbocycles. The first-order valence-electron chi connectivity index (χ1n) is 11.6. The maximum Gasteiger partial charge on any atom is 0.159 e. The quantitative estimate of drug-likeness (QED) is 0.451. The summed E-state index contributed by atoms with van der Waals surface area (Å²) in [6.45, 7) is 4.83. The third kappa shape index (κ3) is 3.28. The fourth-order valence-electron chi connectivity index (χ4n) is 5.47. The minimum absolute atomic E-state index is 0.271. The first-order valence-corrected chi connectivity index (χ1v) is 12.4. The Kier molecular flexibility index (Phi) is 5.14. The number of ether oxygens (including phenoxy) is 1. The largest absolute Gasteiger partial charge is 0.389 e. The molecule has 5 heterocycles. The van der Waals surface area contributed by atoms with E-state index in [1.807, 2.05) is 6.92 Å². The molecule has 6 rings (SSSR count). The van der Waals surface area contributed by atoms with Gasteiger partial charge in [0.25, 0.3) is 0 Å². The summed E-state index contributed by atoms with van der Waals surface area (Å²) >= 11 is 1.09. The van der Waals surface area contributed by atoms with Crippen molar-refractivity contribution in [3.05, 3.63) is 46.4 Å². The van der Waals surface area contributed by atoms with Crippen molar-refractivity contribution in [1.82, 2.24) is 14.9 Å². The molecule has 7 nitrogen and oxygen atoms in total. The molecule has 35 heavy (non-hydrogen) atoms. The fourth-order valence-corrected chi connectivity index (χ4v) is 6.39. The van der Waals surface area contributed by atoms with Gasteiger partial charge in [0.1, 0.15) is 16.9 Å². The van der Waals surface area contributed by atoms with Gasteiger partial charge in [-0.05, 0) is 56.3 Å². The molecule has 1 aromatic carbocycles. The van der Waals surface area contributed by atoms with Gasteiger partial charge in [-0.2, -0.15) is 5.26 Å². The highest BCUT2D eigenvalue weighted by molar-refractivity contribution is 7.23. The van der Waals surface area contributed by atoms with Gasteiger partial charge in [0.15, 0.2) is 5.82 Å². The molecule has 0 bridgehead atoms. The summed E-state index contributed by atoms with van der Waals surface area (Å²) < 4.78 is 20.9. The van der Waals surface area contributed by atoms with Crippen molar-refractivity contribution in [2.45, 2.75) is 32.6 Å². The topological polar surface area (TPSA) is 91.3 Å². The molecule has 2 aliphatic rings. The number of nitrogen functional groups attached to an aromatic ring is 1. The van der Waals surface area contributed by atoms with Crippen molar-refractivity contribution >= 4 is 43.1 Å². The van der Waals surface area contributed by atoms with Crippen molar-refractivity contribution in [2.24, 2.45) is 0 Å². The van der Waals surface area contributed by atoms with E-state index >= 15 is 0 Å². The molecule has 9 heteroatoms. The number of pyridine rings is 2. The lowest BCUT2D eigenvalue weighted by Gasteiger charge is -2.22. The van der Waals surface area contributed by atoms with E-state index in [-0.39, 0.29) is 5.56 Å². The van der Waals surface area contributed by atoms with Gasteiger partial charge in [0, 0.05) is 35.5 Å². The second kappa shape index (κ2) is 8.12. The maximum atomic E-state index is 14.7. The summed E-state index contributed by atoms with van der Waals surface area (Å²) in [4.78, 5) is 14.2. The second-order valence-corrected chi connectivity index (χ2v) is 10.5. The van der Waals surface area contributed by atoms with Crippen LogP contribution < -0.4 is 10.6 Å². The number of likely N-dealkylation sites (N-methyl/N-ethyl adjacent to an activating group) is 1. The second-order valence-electron chi connectivity index (χ2n) is 9.48. The molecule has 0 spiro atoms. The Morgan fingerprint density at radius 3 is 2.83 bits per heavy atom. The number of nitrogens with zero attached hydrogens (tertiary/aromatic N) is 5. The minimum atomic E-state index is -0.474. The molecule has 2 N–H and O–H groups in total. The van der Waals surface area contributed by atoms with Gasteiger partial charge < -0.3 is 20.3 Å². The van der Waals surface area contributed by atoms with Gasteiger partial charge in [-0.3, -0.25) is 4.98 Å². The van der Waals surface area contributed by atoms with Crippen LogP contribution in [0.2, 0.25) is 0 Å². The molecule has 178 valence electrons. The minimum Gasteiger partial charge on any atom is -0.389 e. The predicted molar refractivity (Wildman–Crippen MR) is 137 cm³/mol. The Morgan fingerprint density at radius 1 is 1.29 bits per heavy atom. The number of rotatable bonds is 3. The highest BCUT2D eigenvalue weighted by Gasteiger charge is 2.29. The molecule has 0 saturated carbocycles. The van der Waals surface area contributed by atoms with Gasteiger partial charge in [0.2, 0.25) is 0 Å². The number of hydrogen-bond acceptors (Lipinski definition) is 8. The van der Waals surface area contributed by atoms with E-state index < -0.39 is 5.82 Å². The average molecular weight is 489 g/mol. The highest BCUT2D eigenvalue weighted by Crippen LogP contribution is 2.45. The number of halogens is 1. The summed E-state index contributed by atoms with van der Waals surface area (Å²) in [7, 11) is 4.23. The molecular weight excluding hydrogens is 463 g/mol. The molecule has 0 amide bonds. The number of nitrogens with two attached hydrogens (primary N) is 1. The number of hydrogen-bond donors (Lipinski definition) is 1. The van der Waals surface area contributed by atoms with Crippen molar-refractivity contribution in [1.29, 1.82) is 5.26 Å². The van der Waals surface area contributed by atoms with Crippen LogP contribution in [0.15, 0.2) is 18.3 Å². The van der Waals surface area contributed by atoms with E-state index in [4.69, 9.17) is 15.5 Å². The molecule has 4 aromatic rings. The summed E-state index contributed by atoms with van der Waals surface area (Å²) in [5.41, 5.74) is 11.7. The van der Waals surface area contributed by atoms with Crippen LogP contribution in [-0.2, 0) is 18.0 Å². The van der Waals surface area contributed by atoms with Crippen molar-refractivity contribution in [3.63, 3.8) is 0 Å². The van der Waals surface area contributed by atoms with E-state index in [0.717, 1.165) is 69.8 Å². The predicted octanol–water partition coefficient (Wildman–Crippen LogP) is 4.58. The monoisotopic (exact) mass is 488 g/mol. The molecule has 0 unspecified atom stereocenters. The Hall–Kier alpha value is -3.32.